The molecule has 0 spiro atoms. The van der Waals surface area contributed by atoms with E-state index in [1.807, 2.05) is 10.9 Å². The third-order valence-electron chi connectivity index (χ3n) is 2.45. The number of primary amides is 1. The highest BCUT2D eigenvalue weighted by molar-refractivity contribution is 5.92. The minimum absolute atomic E-state index is 0.311. The van der Waals surface area contributed by atoms with Crippen LogP contribution in [0.1, 0.15) is 30.2 Å². The van der Waals surface area contributed by atoms with Crippen molar-refractivity contribution in [2.45, 2.75) is 19.9 Å². The van der Waals surface area contributed by atoms with Crippen molar-refractivity contribution in [2.75, 3.05) is 5.32 Å². The fourth-order valence-electron chi connectivity index (χ4n) is 1.45. The molecule has 2 heterocycles. The zero-order chi connectivity index (χ0) is 13.1. The van der Waals surface area contributed by atoms with E-state index in [-0.39, 0.29) is 0 Å². The zero-order valence-electron chi connectivity index (χ0n) is 10.3. The molecule has 2 aromatic heterocycles. The predicted molar refractivity (Wildman–Crippen MR) is 68.6 cm³/mol. The molecule has 0 aliphatic rings. The van der Waals surface area contributed by atoms with Gasteiger partial charge in [-0.25, -0.2) is 4.98 Å². The van der Waals surface area contributed by atoms with Gasteiger partial charge < -0.3 is 11.1 Å². The Morgan fingerprint density at radius 3 is 2.67 bits per heavy atom. The average molecular weight is 245 g/mol. The van der Waals surface area contributed by atoms with Gasteiger partial charge in [-0.05, 0) is 26.0 Å². The summed E-state index contributed by atoms with van der Waals surface area (Å²) in [5.41, 5.74) is 6.38. The number of nitrogens with two attached hydrogens (primary N) is 1. The monoisotopic (exact) mass is 245 g/mol. The maximum Gasteiger partial charge on any atom is 0.250 e. The number of hydrogen-bond acceptors (Lipinski definition) is 4. The number of amides is 1. The van der Waals surface area contributed by atoms with Gasteiger partial charge in [0.2, 0.25) is 5.91 Å². The van der Waals surface area contributed by atoms with E-state index < -0.39 is 5.91 Å². The van der Waals surface area contributed by atoms with Crippen LogP contribution in [0.4, 0.5) is 11.5 Å². The van der Waals surface area contributed by atoms with E-state index in [4.69, 9.17) is 5.73 Å². The van der Waals surface area contributed by atoms with Crippen molar-refractivity contribution < 1.29 is 4.79 Å². The highest BCUT2D eigenvalue weighted by Gasteiger charge is 2.04. The normalized spacial score (nSPS) is 10.6. The molecule has 0 aliphatic carbocycles. The van der Waals surface area contributed by atoms with Gasteiger partial charge in [-0.3, -0.25) is 9.48 Å². The van der Waals surface area contributed by atoms with E-state index in [1.54, 1.807) is 18.3 Å². The second kappa shape index (κ2) is 4.87. The summed E-state index contributed by atoms with van der Waals surface area (Å²) >= 11 is 0. The summed E-state index contributed by atoms with van der Waals surface area (Å²) in [7, 11) is 0. The smallest absolute Gasteiger partial charge is 0.250 e. The summed E-state index contributed by atoms with van der Waals surface area (Å²) in [6.07, 6.45) is 5.07. The molecule has 0 atom stereocenters. The van der Waals surface area contributed by atoms with Crippen LogP contribution >= 0.6 is 0 Å². The molecule has 6 nitrogen and oxygen atoms in total. The maximum absolute atomic E-state index is 10.9. The number of anilines is 2. The molecule has 3 N–H and O–H groups in total. The summed E-state index contributed by atoms with van der Waals surface area (Å²) in [6, 6.07) is 3.64. The number of carbonyl (C=O) groups excluding carboxylic acids is 1. The minimum atomic E-state index is -0.485. The lowest BCUT2D eigenvalue weighted by Crippen LogP contribution is -2.11. The Morgan fingerprint density at radius 2 is 2.17 bits per heavy atom. The van der Waals surface area contributed by atoms with Crippen LogP contribution in [-0.2, 0) is 0 Å². The van der Waals surface area contributed by atoms with Crippen molar-refractivity contribution in [1.82, 2.24) is 14.8 Å². The first-order valence-corrected chi connectivity index (χ1v) is 5.63. The van der Waals surface area contributed by atoms with E-state index in [0.29, 0.717) is 17.4 Å². The number of pyridine rings is 1. The molecule has 0 aromatic carbocycles. The van der Waals surface area contributed by atoms with E-state index >= 15 is 0 Å². The Bertz CT molecular complexity index is 544. The average Bonchev–Trinajstić information content (AvgIpc) is 2.78. The van der Waals surface area contributed by atoms with Crippen molar-refractivity contribution in [3.05, 3.63) is 36.3 Å². The fraction of sp³-hybridized carbons (Fsp3) is 0.250. The summed E-state index contributed by atoms with van der Waals surface area (Å²) in [4.78, 5) is 15.0. The van der Waals surface area contributed by atoms with Crippen LogP contribution in [0.3, 0.4) is 0 Å². The Kier molecular flexibility index (Phi) is 3.27. The van der Waals surface area contributed by atoms with Gasteiger partial charge in [-0.15, -0.1) is 0 Å². The molecule has 94 valence electrons. The topological polar surface area (TPSA) is 85.8 Å². The maximum atomic E-state index is 10.9. The molecule has 2 aromatic rings. The van der Waals surface area contributed by atoms with Crippen molar-refractivity contribution in [1.29, 1.82) is 0 Å². The number of nitrogens with zero attached hydrogens (tertiary/aromatic N) is 3. The lowest BCUT2D eigenvalue weighted by Gasteiger charge is -2.04. The molecular formula is C12H15N5O. The Morgan fingerprint density at radius 1 is 1.39 bits per heavy atom. The number of hydrogen-bond donors (Lipinski definition) is 2. The van der Waals surface area contributed by atoms with Crippen LogP contribution < -0.4 is 11.1 Å². The number of carbonyl (C=O) groups is 1. The Hall–Kier alpha value is -2.37. The first-order chi connectivity index (χ1) is 8.56. The van der Waals surface area contributed by atoms with Crippen molar-refractivity contribution >= 4 is 17.4 Å². The first-order valence-electron chi connectivity index (χ1n) is 5.63. The molecule has 6 heteroatoms. The van der Waals surface area contributed by atoms with Crippen LogP contribution in [-0.4, -0.2) is 20.7 Å². The molecule has 0 saturated carbocycles. The van der Waals surface area contributed by atoms with E-state index in [1.165, 1.54) is 6.20 Å². The van der Waals surface area contributed by atoms with Crippen molar-refractivity contribution in [3.8, 4) is 0 Å². The minimum Gasteiger partial charge on any atom is -0.366 e. The van der Waals surface area contributed by atoms with Crippen LogP contribution in [0, 0.1) is 0 Å². The highest BCUT2D eigenvalue weighted by Crippen LogP contribution is 2.15. The molecule has 18 heavy (non-hydrogen) atoms. The third-order valence-corrected chi connectivity index (χ3v) is 2.45. The molecule has 0 saturated heterocycles. The molecule has 0 bridgehead atoms. The second-order valence-electron chi connectivity index (χ2n) is 4.22. The lowest BCUT2D eigenvalue weighted by molar-refractivity contribution is 0.1000. The van der Waals surface area contributed by atoms with Crippen molar-refractivity contribution in [3.63, 3.8) is 0 Å². The number of nitrogens with one attached hydrogen (secondary N) is 1. The summed E-state index contributed by atoms with van der Waals surface area (Å²) < 4.78 is 1.85. The van der Waals surface area contributed by atoms with Crippen molar-refractivity contribution in [2.24, 2.45) is 5.73 Å². The quantitative estimate of drug-likeness (QED) is 0.858. The second-order valence-corrected chi connectivity index (χ2v) is 4.22. The molecule has 1 amide bonds. The van der Waals surface area contributed by atoms with Crippen LogP contribution in [0.5, 0.6) is 0 Å². The standard InChI is InChI=1S/C12H15N5O/c1-8(2)17-7-10(6-15-17)16-11-4-3-9(5-14-11)12(13)18/h3-8H,1-2H3,(H2,13,18)(H,14,16). The lowest BCUT2D eigenvalue weighted by atomic mass is 10.3. The molecular weight excluding hydrogens is 230 g/mol. The van der Waals surface area contributed by atoms with Gasteiger partial charge in [0.1, 0.15) is 5.82 Å². The van der Waals surface area contributed by atoms with Crippen LogP contribution in [0.15, 0.2) is 30.7 Å². The molecule has 0 fully saturated rings. The third kappa shape index (κ3) is 2.65. The summed E-state index contributed by atoms with van der Waals surface area (Å²) in [6.45, 7) is 4.10. The van der Waals surface area contributed by atoms with Gasteiger partial charge in [0.05, 0.1) is 17.4 Å². The Labute approximate surface area is 105 Å². The van der Waals surface area contributed by atoms with E-state index in [0.717, 1.165) is 5.69 Å². The molecule has 0 radical (unpaired) electrons. The zero-order valence-corrected chi connectivity index (χ0v) is 10.3. The number of rotatable bonds is 4. The van der Waals surface area contributed by atoms with Gasteiger partial charge in [-0.2, -0.15) is 5.10 Å². The van der Waals surface area contributed by atoms with Gasteiger partial charge in [0, 0.05) is 18.4 Å². The van der Waals surface area contributed by atoms with Gasteiger partial charge in [0.15, 0.2) is 0 Å². The molecule has 0 unspecified atom stereocenters. The summed E-state index contributed by atoms with van der Waals surface area (Å²) in [5.74, 6) is 0.157. The predicted octanol–water partition coefficient (Wildman–Crippen LogP) is 1.70. The largest absolute Gasteiger partial charge is 0.366 e. The van der Waals surface area contributed by atoms with Crippen LogP contribution in [0.25, 0.3) is 0 Å². The van der Waals surface area contributed by atoms with Crippen LogP contribution in [0.2, 0.25) is 0 Å². The highest BCUT2D eigenvalue weighted by atomic mass is 16.1. The molecule has 0 aliphatic heterocycles. The summed E-state index contributed by atoms with van der Waals surface area (Å²) in [5, 5.41) is 7.31. The van der Waals surface area contributed by atoms with E-state index in [2.05, 4.69) is 29.2 Å². The van der Waals surface area contributed by atoms with Gasteiger partial charge in [0.25, 0.3) is 0 Å². The van der Waals surface area contributed by atoms with Gasteiger partial charge in [-0.1, -0.05) is 0 Å². The Balaban J connectivity index is 2.10. The number of aromatic nitrogens is 3. The fourth-order valence-corrected chi connectivity index (χ4v) is 1.45. The van der Waals surface area contributed by atoms with Gasteiger partial charge >= 0.3 is 0 Å². The first kappa shape index (κ1) is 12.1. The van der Waals surface area contributed by atoms with E-state index in [9.17, 15) is 4.79 Å². The molecule has 2 rings (SSSR count). The SMILES string of the molecule is CC(C)n1cc(Nc2ccc(C(N)=O)cn2)cn1.